The molecule has 15 heavy (non-hydrogen) atoms. The number of carbonyl (C=O) groups is 1. The molecule has 0 radical (unpaired) electrons. The Hall–Kier alpha value is -1.91. The zero-order chi connectivity index (χ0) is 10.8. The lowest BCUT2D eigenvalue weighted by atomic mass is 10.4. The second kappa shape index (κ2) is 3.68. The van der Waals surface area contributed by atoms with Gasteiger partial charge in [-0.25, -0.2) is 4.98 Å². The monoisotopic (exact) mass is 204 g/mol. The predicted molar refractivity (Wildman–Crippen MR) is 56.5 cm³/mol. The van der Waals surface area contributed by atoms with Gasteiger partial charge in [-0.2, -0.15) is 0 Å². The summed E-state index contributed by atoms with van der Waals surface area (Å²) in [6, 6.07) is 1.86. The molecule has 0 saturated heterocycles. The average Bonchev–Trinajstić information content (AvgIpc) is 2.59. The van der Waals surface area contributed by atoms with Crippen molar-refractivity contribution in [2.75, 3.05) is 0 Å². The topological polar surface area (TPSA) is 70.7 Å². The number of nitrogens with zero attached hydrogens (tertiary/aromatic N) is 2. The molecule has 2 rings (SSSR count). The minimum absolute atomic E-state index is 0.101. The second-order valence-electron chi connectivity index (χ2n) is 3.61. The Bertz CT molecular complexity index is 456. The molecule has 0 spiro atoms. The van der Waals surface area contributed by atoms with E-state index in [4.69, 9.17) is 0 Å². The highest BCUT2D eigenvalue weighted by atomic mass is 16.2. The molecule has 78 valence electrons. The summed E-state index contributed by atoms with van der Waals surface area (Å²) in [5, 5.41) is 2.77. The Kier molecular flexibility index (Phi) is 2.37. The Morgan fingerprint density at radius 3 is 3.00 bits per heavy atom. The number of aromatic nitrogens is 3. The maximum Gasteiger partial charge on any atom is 0.287 e. The fourth-order valence-electron chi connectivity index (χ4n) is 1.29. The Labute approximate surface area is 86.9 Å². The molecule has 2 aromatic rings. The number of rotatable bonds is 2. The fourth-order valence-corrected chi connectivity index (χ4v) is 1.29. The minimum atomic E-state index is -0.193. The Morgan fingerprint density at radius 2 is 2.33 bits per heavy atom. The van der Waals surface area contributed by atoms with Crippen LogP contribution in [0.1, 0.15) is 24.5 Å². The molecule has 0 fully saturated rings. The van der Waals surface area contributed by atoms with E-state index in [2.05, 4.69) is 20.3 Å². The van der Waals surface area contributed by atoms with Crippen LogP contribution in [0.3, 0.4) is 0 Å². The molecule has 5 nitrogen and oxygen atoms in total. The van der Waals surface area contributed by atoms with Gasteiger partial charge in [0.1, 0.15) is 0 Å². The van der Waals surface area contributed by atoms with Gasteiger partial charge in [0.15, 0.2) is 5.82 Å². The summed E-state index contributed by atoms with van der Waals surface area (Å²) in [6.07, 6.45) is 3.29. The molecule has 2 aromatic heterocycles. The number of imidazole rings is 1. The van der Waals surface area contributed by atoms with Gasteiger partial charge >= 0.3 is 0 Å². The maximum absolute atomic E-state index is 11.6. The Balaban J connectivity index is 2.32. The van der Waals surface area contributed by atoms with Crippen LogP contribution in [0.4, 0.5) is 0 Å². The first kappa shape index (κ1) is 9.64. The van der Waals surface area contributed by atoms with Crippen molar-refractivity contribution in [1.82, 2.24) is 20.3 Å². The zero-order valence-electron chi connectivity index (χ0n) is 8.61. The molecule has 0 aromatic carbocycles. The van der Waals surface area contributed by atoms with Crippen LogP contribution < -0.4 is 5.32 Å². The van der Waals surface area contributed by atoms with E-state index >= 15 is 0 Å². The van der Waals surface area contributed by atoms with Crippen molar-refractivity contribution in [2.45, 2.75) is 19.9 Å². The van der Waals surface area contributed by atoms with E-state index in [1.54, 1.807) is 18.5 Å². The SMILES string of the molecule is CC(C)NC(=O)c1nc2ccncc2[nH]1. The first-order valence-electron chi connectivity index (χ1n) is 4.77. The van der Waals surface area contributed by atoms with E-state index in [1.165, 1.54) is 0 Å². The van der Waals surface area contributed by atoms with Gasteiger partial charge in [0, 0.05) is 12.2 Å². The summed E-state index contributed by atoms with van der Waals surface area (Å²) in [6.45, 7) is 3.81. The van der Waals surface area contributed by atoms with Crippen molar-refractivity contribution < 1.29 is 4.79 Å². The van der Waals surface area contributed by atoms with Gasteiger partial charge in [-0.05, 0) is 19.9 Å². The number of nitrogens with one attached hydrogen (secondary N) is 2. The van der Waals surface area contributed by atoms with Crippen LogP contribution in [0.25, 0.3) is 11.0 Å². The highest BCUT2D eigenvalue weighted by molar-refractivity contribution is 5.94. The summed E-state index contributed by atoms with van der Waals surface area (Å²) in [5.74, 6) is 0.132. The van der Waals surface area contributed by atoms with Gasteiger partial charge < -0.3 is 10.3 Å². The highest BCUT2D eigenvalue weighted by Crippen LogP contribution is 2.08. The molecular formula is C10H12N4O. The van der Waals surface area contributed by atoms with Gasteiger partial charge in [0.25, 0.3) is 5.91 Å². The third-order valence-corrected chi connectivity index (χ3v) is 1.92. The first-order valence-corrected chi connectivity index (χ1v) is 4.77. The molecule has 1 amide bonds. The Morgan fingerprint density at radius 1 is 1.53 bits per heavy atom. The van der Waals surface area contributed by atoms with Crippen molar-refractivity contribution in [3.8, 4) is 0 Å². The van der Waals surface area contributed by atoms with Crippen LogP contribution in [0.2, 0.25) is 0 Å². The smallest absolute Gasteiger partial charge is 0.287 e. The van der Waals surface area contributed by atoms with E-state index in [0.717, 1.165) is 11.0 Å². The third-order valence-electron chi connectivity index (χ3n) is 1.92. The number of H-pyrrole nitrogens is 1. The molecule has 2 heterocycles. The molecule has 5 heteroatoms. The van der Waals surface area contributed by atoms with Gasteiger partial charge in [-0.1, -0.05) is 0 Å². The number of hydrogen-bond acceptors (Lipinski definition) is 3. The number of pyridine rings is 1. The van der Waals surface area contributed by atoms with Crippen LogP contribution in [0.5, 0.6) is 0 Å². The molecule has 0 unspecified atom stereocenters. The van der Waals surface area contributed by atoms with Gasteiger partial charge in [0.2, 0.25) is 0 Å². The lowest BCUT2D eigenvalue weighted by Gasteiger charge is -2.04. The average molecular weight is 204 g/mol. The van der Waals surface area contributed by atoms with E-state index < -0.39 is 0 Å². The van der Waals surface area contributed by atoms with Gasteiger partial charge in [-0.15, -0.1) is 0 Å². The van der Waals surface area contributed by atoms with E-state index in [1.807, 2.05) is 13.8 Å². The molecule has 2 N–H and O–H groups in total. The van der Waals surface area contributed by atoms with Crippen LogP contribution in [0, 0.1) is 0 Å². The maximum atomic E-state index is 11.6. The van der Waals surface area contributed by atoms with Crippen molar-refractivity contribution in [1.29, 1.82) is 0 Å². The standard InChI is InChI=1S/C10H12N4O/c1-6(2)12-10(15)9-13-7-3-4-11-5-8(7)14-9/h3-6H,1-2H3,(H,12,15)(H,13,14). The number of amides is 1. The van der Waals surface area contributed by atoms with Crippen LogP contribution in [-0.2, 0) is 0 Å². The lowest BCUT2D eigenvalue weighted by molar-refractivity contribution is 0.0934. The van der Waals surface area contributed by atoms with Crippen molar-refractivity contribution >= 4 is 16.9 Å². The van der Waals surface area contributed by atoms with E-state index in [9.17, 15) is 4.79 Å². The summed E-state index contributed by atoms with van der Waals surface area (Å²) >= 11 is 0. The molecular weight excluding hydrogens is 192 g/mol. The fraction of sp³-hybridized carbons (Fsp3) is 0.300. The first-order chi connectivity index (χ1) is 7.16. The number of hydrogen-bond donors (Lipinski definition) is 2. The van der Waals surface area contributed by atoms with Gasteiger partial charge in [-0.3, -0.25) is 9.78 Å². The van der Waals surface area contributed by atoms with Crippen molar-refractivity contribution in [3.63, 3.8) is 0 Å². The molecule has 0 aliphatic heterocycles. The normalized spacial score (nSPS) is 10.9. The molecule has 0 saturated carbocycles. The van der Waals surface area contributed by atoms with Crippen molar-refractivity contribution in [2.24, 2.45) is 0 Å². The predicted octanol–water partition coefficient (Wildman–Crippen LogP) is 1.10. The molecule has 0 atom stereocenters. The number of aromatic amines is 1. The van der Waals surface area contributed by atoms with Crippen LogP contribution >= 0.6 is 0 Å². The molecule has 0 aliphatic carbocycles. The summed E-state index contributed by atoms with van der Waals surface area (Å²) in [5.41, 5.74) is 1.52. The van der Waals surface area contributed by atoms with E-state index in [-0.39, 0.29) is 11.9 Å². The lowest BCUT2D eigenvalue weighted by Crippen LogP contribution is -2.30. The summed E-state index contributed by atoms with van der Waals surface area (Å²) in [7, 11) is 0. The second-order valence-corrected chi connectivity index (χ2v) is 3.61. The summed E-state index contributed by atoms with van der Waals surface area (Å²) < 4.78 is 0. The minimum Gasteiger partial charge on any atom is -0.347 e. The van der Waals surface area contributed by atoms with Gasteiger partial charge in [0.05, 0.1) is 17.2 Å². The van der Waals surface area contributed by atoms with Crippen molar-refractivity contribution in [3.05, 3.63) is 24.3 Å². The largest absolute Gasteiger partial charge is 0.347 e. The third kappa shape index (κ3) is 1.96. The molecule has 0 bridgehead atoms. The van der Waals surface area contributed by atoms with Crippen LogP contribution in [-0.4, -0.2) is 26.9 Å². The summed E-state index contributed by atoms with van der Waals surface area (Å²) in [4.78, 5) is 22.6. The van der Waals surface area contributed by atoms with Crippen LogP contribution in [0.15, 0.2) is 18.5 Å². The quantitative estimate of drug-likeness (QED) is 0.769. The molecule has 0 aliphatic rings. The number of carbonyl (C=O) groups excluding carboxylic acids is 1. The number of fused-ring (bicyclic) bond motifs is 1. The zero-order valence-corrected chi connectivity index (χ0v) is 8.61. The van der Waals surface area contributed by atoms with E-state index in [0.29, 0.717) is 5.82 Å². The highest BCUT2D eigenvalue weighted by Gasteiger charge is 2.11.